The predicted octanol–water partition coefficient (Wildman–Crippen LogP) is 3.59. The minimum atomic E-state index is -0.614. The maximum absolute atomic E-state index is 12.1. The average molecular weight is 307 g/mol. The van der Waals surface area contributed by atoms with Crippen molar-refractivity contribution in [2.45, 2.75) is 56.0 Å². The fourth-order valence-electron chi connectivity index (χ4n) is 2.24. The van der Waals surface area contributed by atoms with E-state index in [9.17, 15) is 4.79 Å². The van der Waals surface area contributed by atoms with E-state index in [1.165, 1.54) is 17.6 Å². The fraction of sp³-hybridized carbons (Fsp3) is 0.588. The first-order valence-electron chi connectivity index (χ1n) is 7.53. The van der Waals surface area contributed by atoms with E-state index in [0.29, 0.717) is 17.7 Å². The van der Waals surface area contributed by atoms with E-state index in [0.717, 1.165) is 12.8 Å². The highest BCUT2D eigenvalue weighted by molar-refractivity contribution is 7.99. The van der Waals surface area contributed by atoms with Crippen LogP contribution in [0.25, 0.3) is 0 Å². The van der Waals surface area contributed by atoms with Crippen LogP contribution in [0.2, 0.25) is 0 Å². The molecule has 2 rings (SSSR count). The number of methoxy groups -OCH3 is 1. The van der Waals surface area contributed by atoms with Crippen LogP contribution in [-0.2, 0) is 9.53 Å². The molecular weight excluding hydrogens is 282 g/mol. The van der Waals surface area contributed by atoms with Crippen LogP contribution in [-0.4, -0.2) is 30.4 Å². The number of hydrogen-bond donors (Lipinski definition) is 1. The molecule has 4 heteroatoms. The molecule has 0 radical (unpaired) electrons. The van der Waals surface area contributed by atoms with E-state index in [1.807, 2.05) is 6.92 Å². The molecule has 21 heavy (non-hydrogen) atoms. The van der Waals surface area contributed by atoms with Crippen LogP contribution in [0, 0.1) is 0 Å². The second kappa shape index (κ2) is 6.84. The number of nitrogens with one attached hydrogen (secondary N) is 1. The molecule has 1 aromatic rings. The highest BCUT2D eigenvalue weighted by Gasteiger charge is 2.39. The van der Waals surface area contributed by atoms with Crippen LogP contribution in [0.1, 0.15) is 45.1 Å². The molecule has 1 fully saturated rings. The quantitative estimate of drug-likeness (QED) is 0.617. The number of esters is 1. The lowest BCUT2D eigenvalue weighted by Crippen LogP contribution is -2.53. The Hall–Kier alpha value is -1.00. The normalized spacial score (nSPS) is 17.6. The Kier molecular flexibility index (Phi) is 5.33. The summed E-state index contributed by atoms with van der Waals surface area (Å²) in [5.74, 6) is 1.04. The van der Waals surface area contributed by atoms with Crippen LogP contribution in [0.4, 0.5) is 0 Å². The molecule has 1 N–H and O–H groups in total. The Bertz CT molecular complexity index is 482. The summed E-state index contributed by atoms with van der Waals surface area (Å²) in [6, 6.07) is 9.06. The summed E-state index contributed by atoms with van der Waals surface area (Å²) in [5.41, 5.74) is 0.725. The number of ether oxygens (including phenoxy) is 1. The summed E-state index contributed by atoms with van der Waals surface area (Å²) >= 11 is 1.70. The number of benzene rings is 1. The molecule has 0 spiro atoms. The molecule has 0 heterocycles. The van der Waals surface area contributed by atoms with Crippen molar-refractivity contribution in [2.24, 2.45) is 0 Å². The molecule has 1 atom stereocenters. The molecule has 116 valence electrons. The largest absolute Gasteiger partial charge is 0.468 e. The molecule has 0 bridgehead atoms. The monoisotopic (exact) mass is 307 g/mol. The Morgan fingerprint density at radius 2 is 2.00 bits per heavy atom. The number of carbonyl (C=O) groups is 1. The van der Waals surface area contributed by atoms with Crippen LogP contribution < -0.4 is 5.32 Å². The summed E-state index contributed by atoms with van der Waals surface area (Å²) in [6.07, 6.45) is 2.31. The van der Waals surface area contributed by atoms with Crippen molar-refractivity contribution in [3.8, 4) is 0 Å². The zero-order chi connectivity index (χ0) is 15.5. The third-order valence-electron chi connectivity index (χ3n) is 3.81. The Morgan fingerprint density at radius 1 is 1.38 bits per heavy atom. The smallest absolute Gasteiger partial charge is 0.326 e. The second-order valence-electron chi connectivity index (χ2n) is 6.25. The maximum Gasteiger partial charge on any atom is 0.326 e. The first-order valence-corrected chi connectivity index (χ1v) is 8.52. The second-order valence-corrected chi connectivity index (χ2v) is 7.30. The standard InChI is InChI=1S/C17H25NO2S/c1-12(2)13-5-9-15(10-6-13)21-11-17(3,16(19)20-4)18-14-7-8-14/h5-6,9-10,12,14,18H,7-8,11H2,1-4H3. The van der Waals surface area contributed by atoms with Gasteiger partial charge < -0.3 is 4.74 Å². The first-order chi connectivity index (χ1) is 9.94. The van der Waals surface area contributed by atoms with E-state index in [1.54, 1.807) is 11.8 Å². The third kappa shape index (κ3) is 4.48. The van der Waals surface area contributed by atoms with Gasteiger partial charge in [0.05, 0.1) is 7.11 Å². The van der Waals surface area contributed by atoms with E-state index >= 15 is 0 Å². The minimum absolute atomic E-state index is 0.180. The summed E-state index contributed by atoms with van der Waals surface area (Å²) in [7, 11) is 1.46. The van der Waals surface area contributed by atoms with Crippen molar-refractivity contribution in [1.29, 1.82) is 0 Å². The predicted molar refractivity (Wildman–Crippen MR) is 87.8 cm³/mol. The van der Waals surface area contributed by atoms with Gasteiger partial charge in [0, 0.05) is 16.7 Å². The molecule has 1 unspecified atom stereocenters. The molecule has 0 saturated heterocycles. The summed E-state index contributed by atoms with van der Waals surface area (Å²) in [5, 5.41) is 3.42. The molecule has 1 aromatic carbocycles. The van der Waals surface area contributed by atoms with Crippen molar-refractivity contribution >= 4 is 17.7 Å². The van der Waals surface area contributed by atoms with E-state index < -0.39 is 5.54 Å². The molecule has 1 aliphatic carbocycles. The van der Waals surface area contributed by atoms with Crippen molar-refractivity contribution in [3.05, 3.63) is 29.8 Å². The van der Waals surface area contributed by atoms with Gasteiger partial charge in [-0.05, 0) is 43.4 Å². The Balaban J connectivity index is 1.98. The Labute approximate surface area is 131 Å². The van der Waals surface area contributed by atoms with Gasteiger partial charge in [-0.2, -0.15) is 0 Å². The van der Waals surface area contributed by atoms with Crippen LogP contribution in [0.3, 0.4) is 0 Å². The average Bonchev–Trinajstić information content (AvgIpc) is 3.28. The minimum Gasteiger partial charge on any atom is -0.468 e. The lowest BCUT2D eigenvalue weighted by molar-refractivity contribution is -0.147. The first kappa shape index (κ1) is 16.4. The maximum atomic E-state index is 12.1. The lowest BCUT2D eigenvalue weighted by Gasteiger charge is -2.27. The molecule has 1 aliphatic rings. The molecule has 0 amide bonds. The molecule has 0 aliphatic heterocycles. The zero-order valence-corrected chi connectivity index (χ0v) is 14.1. The van der Waals surface area contributed by atoms with E-state index in [4.69, 9.17) is 4.74 Å². The SMILES string of the molecule is COC(=O)C(C)(CSc1ccc(C(C)C)cc1)NC1CC1. The van der Waals surface area contributed by atoms with Gasteiger partial charge in [-0.1, -0.05) is 26.0 Å². The Morgan fingerprint density at radius 3 is 2.48 bits per heavy atom. The fourth-order valence-corrected chi connectivity index (χ4v) is 3.22. The molecule has 1 saturated carbocycles. The van der Waals surface area contributed by atoms with Gasteiger partial charge in [-0.15, -0.1) is 11.8 Å². The molecule has 0 aromatic heterocycles. The van der Waals surface area contributed by atoms with Gasteiger partial charge in [0.1, 0.15) is 5.54 Å². The summed E-state index contributed by atoms with van der Waals surface area (Å²) < 4.78 is 4.97. The van der Waals surface area contributed by atoms with Gasteiger partial charge in [0.2, 0.25) is 0 Å². The highest BCUT2D eigenvalue weighted by Crippen LogP contribution is 2.29. The third-order valence-corrected chi connectivity index (χ3v) is 5.14. The van der Waals surface area contributed by atoms with Crippen LogP contribution >= 0.6 is 11.8 Å². The summed E-state index contributed by atoms with van der Waals surface area (Å²) in [6.45, 7) is 6.32. The van der Waals surface area contributed by atoms with Gasteiger partial charge in [-0.3, -0.25) is 10.1 Å². The zero-order valence-electron chi connectivity index (χ0n) is 13.3. The van der Waals surface area contributed by atoms with Gasteiger partial charge >= 0.3 is 5.97 Å². The van der Waals surface area contributed by atoms with Gasteiger partial charge in [-0.25, -0.2) is 0 Å². The number of rotatable bonds is 7. The van der Waals surface area contributed by atoms with E-state index in [-0.39, 0.29) is 5.97 Å². The summed E-state index contributed by atoms with van der Waals surface area (Å²) in [4.78, 5) is 13.3. The van der Waals surface area contributed by atoms with Crippen LogP contribution in [0.5, 0.6) is 0 Å². The van der Waals surface area contributed by atoms with E-state index in [2.05, 4.69) is 43.4 Å². The van der Waals surface area contributed by atoms with Crippen molar-refractivity contribution in [2.75, 3.05) is 12.9 Å². The van der Waals surface area contributed by atoms with Gasteiger partial charge in [0.15, 0.2) is 0 Å². The van der Waals surface area contributed by atoms with Crippen molar-refractivity contribution < 1.29 is 9.53 Å². The van der Waals surface area contributed by atoms with Gasteiger partial charge in [0.25, 0.3) is 0 Å². The van der Waals surface area contributed by atoms with Crippen molar-refractivity contribution in [3.63, 3.8) is 0 Å². The topological polar surface area (TPSA) is 38.3 Å². The number of thioether (sulfide) groups is 1. The van der Waals surface area contributed by atoms with Crippen LogP contribution in [0.15, 0.2) is 29.2 Å². The lowest BCUT2D eigenvalue weighted by atomic mass is 10.0. The highest BCUT2D eigenvalue weighted by atomic mass is 32.2. The molecular formula is C17H25NO2S. The number of hydrogen-bond acceptors (Lipinski definition) is 4. The van der Waals surface area contributed by atoms with Crippen molar-refractivity contribution in [1.82, 2.24) is 5.32 Å². The number of carbonyl (C=O) groups excluding carboxylic acids is 1. The molecule has 3 nitrogen and oxygen atoms in total.